The summed E-state index contributed by atoms with van der Waals surface area (Å²) in [6.45, 7) is -0.619. The zero-order chi connectivity index (χ0) is 16.7. The third-order valence-electron chi connectivity index (χ3n) is 3.81. The van der Waals surface area contributed by atoms with Gasteiger partial charge in [0.25, 0.3) is 0 Å². The average molecular weight is 328 g/mol. The highest BCUT2D eigenvalue weighted by Crippen LogP contribution is 2.37. The summed E-state index contributed by atoms with van der Waals surface area (Å²) < 4.78 is 41.2. The summed E-state index contributed by atoms with van der Waals surface area (Å²) in [7, 11) is 0. The van der Waals surface area contributed by atoms with Gasteiger partial charge >= 0.3 is 0 Å². The summed E-state index contributed by atoms with van der Waals surface area (Å²) in [4.78, 5) is 4.30. The molecule has 0 amide bonds. The number of aromatic amines is 1. The Hall–Kier alpha value is -3.09. The van der Waals surface area contributed by atoms with E-state index in [4.69, 9.17) is 0 Å². The molecule has 1 aliphatic rings. The zero-order valence-electron chi connectivity index (χ0n) is 12.3. The van der Waals surface area contributed by atoms with E-state index in [1.807, 2.05) is 0 Å². The molecule has 2 aromatic carbocycles. The van der Waals surface area contributed by atoms with Gasteiger partial charge in [-0.2, -0.15) is 5.10 Å². The number of aliphatic imine (C=N–C) groups is 1. The quantitative estimate of drug-likeness (QED) is 0.736. The van der Waals surface area contributed by atoms with Crippen LogP contribution in [0.2, 0.25) is 0 Å². The van der Waals surface area contributed by atoms with Crippen molar-refractivity contribution in [2.24, 2.45) is 4.99 Å². The fourth-order valence-electron chi connectivity index (χ4n) is 2.67. The number of amidine groups is 1. The van der Waals surface area contributed by atoms with Gasteiger partial charge in [-0.3, -0.25) is 5.10 Å². The van der Waals surface area contributed by atoms with Crippen molar-refractivity contribution in [3.63, 3.8) is 0 Å². The highest BCUT2D eigenvalue weighted by Gasteiger charge is 2.22. The first-order valence-electron chi connectivity index (χ1n) is 7.20. The minimum absolute atomic E-state index is 0.0278. The van der Waals surface area contributed by atoms with Crippen molar-refractivity contribution in [1.82, 2.24) is 10.2 Å². The maximum absolute atomic E-state index is 14.1. The van der Waals surface area contributed by atoms with Crippen molar-refractivity contribution in [1.29, 1.82) is 0 Å². The van der Waals surface area contributed by atoms with Crippen LogP contribution in [0.15, 0.2) is 47.6 Å². The van der Waals surface area contributed by atoms with Gasteiger partial charge in [-0.1, -0.05) is 12.1 Å². The Labute approximate surface area is 135 Å². The highest BCUT2D eigenvalue weighted by atomic mass is 19.1. The van der Waals surface area contributed by atoms with Crippen molar-refractivity contribution >= 4 is 17.2 Å². The van der Waals surface area contributed by atoms with Crippen LogP contribution in [0.25, 0.3) is 11.3 Å². The number of anilines is 1. The third kappa shape index (κ3) is 2.25. The number of hydrogen-bond acceptors (Lipinski definition) is 3. The standard InChI is InChI=1S/C17H11F3N4/c18-7-9-4-5-13-10(6-9)16-14(8-21-24-16)23-17(22-13)15-11(19)2-1-3-12(15)20/h1-6,8H,7H2,(H,21,24)(H,22,23). The molecule has 0 fully saturated rings. The molecule has 0 aliphatic carbocycles. The lowest BCUT2D eigenvalue weighted by atomic mass is 10.1. The summed E-state index contributed by atoms with van der Waals surface area (Å²) in [5.41, 5.74) is 2.38. The van der Waals surface area contributed by atoms with E-state index < -0.39 is 18.3 Å². The van der Waals surface area contributed by atoms with Crippen LogP contribution in [0.5, 0.6) is 0 Å². The molecule has 2 heterocycles. The topological polar surface area (TPSA) is 53.1 Å². The fourth-order valence-corrected chi connectivity index (χ4v) is 2.67. The van der Waals surface area contributed by atoms with E-state index >= 15 is 0 Å². The molecule has 3 aromatic rings. The number of halogens is 3. The van der Waals surface area contributed by atoms with Gasteiger partial charge in [0.15, 0.2) is 0 Å². The van der Waals surface area contributed by atoms with Crippen LogP contribution in [-0.4, -0.2) is 16.0 Å². The SMILES string of the molecule is FCc1ccc2c(c1)-c1[nH]ncc1N=C(c1c(F)cccc1F)N2. The molecule has 1 aliphatic heterocycles. The van der Waals surface area contributed by atoms with Crippen LogP contribution in [0.3, 0.4) is 0 Å². The van der Waals surface area contributed by atoms with Crippen LogP contribution in [0, 0.1) is 11.6 Å². The molecular weight excluding hydrogens is 317 g/mol. The Kier molecular flexibility index (Phi) is 3.34. The monoisotopic (exact) mass is 328 g/mol. The summed E-state index contributed by atoms with van der Waals surface area (Å²) in [5, 5.41) is 9.67. The summed E-state index contributed by atoms with van der Waals surface area (Å²) in [5.74, 6) is -1.43. The molecule has 4 nitrogen and oxygen atoms in total. The van der Waals surface area contributed by atoms with Gasteiger partial charge in [0.2, 0.25) is 0 Å². The Morgan fingerprint density at radius 1 is 1.04 bits per heavy atom. The second kappa shape index (κ2) is 5.52. The van der Waals surface area contributed by atoms with Crippen molar-refractivity contribution in [2.75, 3.05) is 5.32 Å². The minimum Gasteiger partial charge on any atom is -0.339 e. The second-order valence-electron chi connectivity index (χ2n) is 5.33. The van der Waals surface area contributed by atoms with E-state index in [9.17, 15) is 13.2 Å². The van der Waals surface area contributed by atoms with Crippen LogP contribution in [0.1, 0.15) is 11.1 Å². The number of aromatic nitrogens is 2. The average Bonchev–Trinajstić information content (AvgIpc) is 2.97. The maximum atomic E-state index is 14.1. The first-order valence-corrected chi connectivity index (χ1v) is 7.20. The van der Waals surface area contributed by atoms with Crippen LogP contribution >= 0.6 is 0 Å². The molecule has 0 radical (unpaired) electrons. The van der Waals surface area contributed by atoms with Gasteiger partial charge in [0.1, 0.15) is 29.8 Å². The van der Waals surface area contributed by atoms with E-state index in [2.05, 4.69) is 20.5 Å². The minimum atomic E-state index is -0.727. The van der Waals surface area contributed by atoms with Gasteiger partial charge in [-0.15, -0.1) is 0 Å². The van der Waals surface area contributed by atoms with E-state index in [0.29, 0.717) is 28.2 Å². The Bertz CT molecular complexity index is 942. The van der Waals surface area contributed by atoms with Crippen molar-refractivity contribution in [3.8, 4) is 11.3 Å². The summed E-state index contributed by atoms with van der Waals surface area (Å²) in [6, 6.07) is 8.51. The molecule has 4 rings (SSSR count). The number of nitrogens with zero attached hydrogens (tertiary/aromatic N) is 2. The molecule has 0 saturated heterocycles. The first kappa shape index (κ1) is 14.5. The first-order chi connectivity index (χ1) is 11.7. The maximum Gasteiger partial charge on any atom is 0.144 e. The van der Waals surface area contributed by atoms with Crippen molar-refractivity contribution < 1.29 is 13.2 Å². The third-order valence-corrected chi connectivity index (χ3v) is 3.81. The number of fused-ring (bicyclic) bond motifs is 3. The highest BCUT2D eigenvalue weighted by molar-refractivity contribution is 6.13. The predicted octanol–water partition coefficient (Wildman–Crippen LogP) is 4.33. The molecule has 120 valence electrons. The van der Waals surface area contributed by atoms with Crippen molar-refractivity contribution in [2.45, 2.75) is 6.67 Å². The largest absolute Gasteiger partial charge is 0.339 e. The lowest BCUT2D eigenvalue weighted by Crippen LogP contribution is -2.17. The Balaban J connectivity index is 1.94. The number of H-pyrrole nitrogens is 1. The van der Waals surface area contributed by atoms with Crippen LogP contribution < -0.4 is 5.32 Å². The fraction of sp³-hybridized carbons (Fsp3) is 0.0588. The number of rotatable bonds is 2. The molecule has 1 aromatic heterocycles. The number of hydrogen-bond donors (Lipinski definition) is 2. The molecule has 0 bridgehead atoms. The van der Waals surface area contributed by atoms with E-state index in [-0.39, 0.29) is 11.4 Å². The molecule has 7 heteroatoms. The molecule has 0 atom stereocenters. The number of alkyl halides is 1. The molecule has 24 heavy (non-hydrogen) atoms. The summed E-state index contributed by atoms with van der Waals surface area (Å²) in [6.07, 6.45) is 1.45. The molecule has 0 spiro atoms. The van der Waals surface area contributed by atoms with Crippen molar-refractivity contribution in [3.05, 3.63) is 65.4 Å². The van der Waals surface area contributed by atoms with E-state index in [1.165, 1.54) is 12.3 Å². The lowest BCUT2D eigenvalue weighted by molar-refractivity contribution is 0.485. The Morgan fingerprint density at radius 3 is 2.58 bits per heavy atom. The Morgan fingerprint density at radius 2 is 1.83 bits per heavy atom. The smallest absolute Gasteiger partial charge is 0.144 e. The van der Waals surface area contributed by atoms with Gasteiger partial charge < -0.3 is 5.32 Å². The van der Waals surface area contributed by atoms with Crippen LogP contribution in [0.4, 0.5) is 24.5 Å². The number of benzene rings is 2. The van der Waals surface area contributed by atoms with Gasteiger partial charge in [0, 0.05) is 11.3 Å². The van der Waals surface area contributed by atoms with Gasteiger partial charge in [-0.05, 0) is 29.8 Å². The molecule has 0 unspecified atom stereocenters. The zero-order valence-corrected chi connectivity index (χ0v) is 12.3. The lowest BCUT2D eigenvalue weighted by Gasteiger charge is -2.12. The summed E-state index contributed by atoms with van der Waals surface area (Å²) >= 11 is 0. The molecule has 2 N–H and O–H groups in total. The predicted molar refractivity (Wildman–Crippen MR) is 85.0 cm³/mol. The van der Waals surface area contributed by atoms with E-state index in [1.54, 1.807) is 18.2 Å². The van der Waals surface area contributed by atoms with Gasteiger partial charge in [0.05, 0.1) is 17.5 Å². The van der Waals surface area contributed by atoms with Gasteiger partial charge in [-0.25, -0.2) is 18.2 Å². The molecular formula is C17H11F3N4. The number of nitrogens with one attached hydrogen (secondary N) is 2. The normalized spacial score (nSPS) is 12.7. The second-order valence-corrected chi connectivity index (χ2v) is 5.33. The molecule has 0 saturated carbocycles. The van der Waals surface area contributed by atoms with Crippen LogP contribution in [-0.2, 0) is 6.67 Å². The van der Waals surface area contributed by atoms with E-state index in [0.717, 1.165) is 12.1 Å².